The number of alkyl halides is 3. The molecule has 0 atom stereocenters. The third-order valence-corrected chi connectivity index (χ3v) is 4.52. The molecule has 1 heterocycles. The van der Waals surface area contributed by atoms with Crippen molar-refractivity contribution in [1.29, 1.82) is 0 Å². The normalized spacial score (nSPS) is 12.3. The fraction of sp³-hybridized carbons (Fsp3) is 0.444. The molecule has 4 nitrogen and oxygen atoms in total. The summed E-state index contributed by atoms with van der Waals surface area (Å²) < 4.78 is 37.7. The van der Waals surface area contributed by atoms with Gasteiger partial charge in [-0.2, -0.15) is 13.2 Å². The Labute approximate surface area is 155 Å². The Morgan fingerprint density at radius 1 is 1.15 bits per heavy atom. The van der Waals surface area contributed by atoms with Gasteiger partial charge in [0.05, 0.1) is 5.01 Å². The van der Waals surface area contributed by atoms with E-state index in [0.717, 1.165) is 29.7 Å². The van der Waals surface area contributed by atoms with Crippen molar-refractivity contribution in [2.45, 2.75) is 32.9 Å². The molecule has 2 rings (SSSR count). The maximum Gasteiger partial charge on any atom is 0.434 e. The minimum Gasteiger partial charge on any atom is -0.357 e. The number of aliphatic imine (C=N–C) groups is 1. The van der Waals surface area contributed by atoms with Crippen molar-refractivity contribution >= 4 is 17.3 Å². The van der Waals surface area contributed by atoms with Gasteiger partial charge in [-0.05, 0) is 25.8 Å². The lowest BCUT2D eigenvalue weighted by molar-refractivity contribution is -0.140. The summed E-state index contributed by atoms with van der Waals surface area (Å²) in [6, 6.07) is 8.36. The predicted molar refractivity (Wildman–Crippen MR) is 99.7 cm³/mol. The Balaban J connectivity index is 1.82. The number of nitrogens with zero attached hydrogens (tertiary/aromatic N) is 2. The van der Waals surface area contributed by atoms with Crippen molar-refractivity contribution in [3.05, 3.63) is 51.5 Å². The van der Waals surface area contributed by atoms with Crippen LogP contribution >= 0.6 is 11.3 Å². The Hall–Kier alpha value is -2.09. The molecule has 0 saturated heterocycles. The molecule has 142 valence electrons. The largest absolute Gasteiger partial charge is 0.434 e. The minimum absolute atomic E-state index is 0.380. The van der Waals surface area contributed by atoms with Crippen LogP contribution in [0.15, 0.2) is 34.6 Å². The number of aromatic nitrogens is 1. The fourth-order valence-corrected chi connectivity index (χ4v) is 3.04. The van der Waals surface area contributed by atoms with Crippen LogP contribution in [0.25, 0.3) is 0 Å². The predicted octanol–water partition coefficient (Wildman–Crippen LogP) is 3.81. The van der Waals surface area contributed by atoms with E-state index in [4.69, 9.17) is 0 Å². The van der Waals surface area contributed by atoms with Crippen LogP contribution in [0.4, 0.5) is 13.2 Å². The summed E-state index contributed by atoms with van der Waals surface area (Å²) in [6.07, 6.45) is -3.13. The van der Waals surface area contributed by atoms with Gasteiger partial charge in [0, 0.05) is 31.4 Å². The number of rotatable bonds is 7. The molecule has 2 N–H and O–H groups in total. The zero-order valence-electron chi connectivity index (χ0n) is 14.9. The van der Waals surface area contributed by atoms with E-state index < -0.39 is 11.9 Å². The second kappa shape index (κ2) is 9.56. The van der Waals surface area contributed by atoms with Gasteiger partial charge >= 0.3 is 6.18 Å². The topological polar surface area (TPSA) is 49.3 Å². The second-order valence-electron chi connectivity index (χ2n) is 5.80. The van der Waals surface area contributed by atoms with E-state index in [0.29, 0.717) is 30.5 Å². The molecular formula is C18H23F3N4S. The zero-order valence-corrected chi connectivity index (χ0v) is 15.7. The van der Waals surface area contributed by atoms with E-state index >= 15 is 0 Å². The molecule has 0 saturated carbocycles. The number of guanidine groups is 1. The first-order chi connectivity index (χ1) is 12.4. The van der Waals surface area contributed by atoms with Crippen LogP contribution in [0.5, 0.6) is 0 Å². The van der Waals surface area contributed by atoms with Gasteiger partial charge in [-0.15, -0.1) is 11.3 Å². The molecule has 2 aromatic rings. The molecule has 0 aliphatic heterocycles. The van der Waals surface area contributed by atoms with Crippen molar-refractivity contribution in [3.63, 3.8) is 0 Å². The molecule has 26 heavy (non-hydrogen) atoms. The van der Waals surface area contributed by atoms with E-state index in [2.05, 4.69) is 51.8 Å². The number of thiazole rings is 1. The molecule has 0 spiro atoms. The maximum atomic E-state index is 12.6. The summed E-state index contributed by atoms with van der Waals surface area (Å²) in [5.74, 6) is 0.659. The molecule has 0 amide bonds. The average Bonchev–Trinajstić information content (AvgIpc) is 3.06. The highest BCUT2D eigenvalue weighted by Crippen LogP contribution is 2.30. The molecule has 0 radical (unpaired) electrons. The minimum atomic E-state index is -4.38. The summed E-state index contributed by atoms with van der Waals surface area (Å²) in [4.78, 5) is 8.02. The van der Waals surface area contributed by atoms with Gasteiger partial charge in [-0.1, -0.05) is 29.8 Å². The molecule has 8 heteroatoms. The average molecular weight is 384 g/mol. The van der Waals surface area contributed by atoms with Crippen LogP contribution in [0.3, 0.4) is 0 Å². The van der Waals surface area contributed by atoms with Crippen LogP contribution in [0.2, 0.25) is 0 Å². The molecular weight excluding hydrogens is 361 g/mol. The van der Waals surface area contributed by atoms with Crippen LogP contribution < -0.4 is 10.6 Å². The van der Waals surface area contributed by atoms with Gasteiger partial charge in [0.25, 0.3) is 0 Å². The molecule has 0 aliphatic carbocycles. The molecule has 1 aromatic carbocycles. The first kappa shape index (κ1) is 20.2. The van der Waals surface area contributed by atoms with Crippen molar-refractivity contribution in [3.8, 4) is 0 Å². The smallest absolute Gasteiger partial charge is 0.357 e. The zero-order chi connectivity index (χ0) is 19.0. The lowest BCUT2D eigenvalue weighted by atomic mass is 10.1. The monoisotopic (exact) mass is 384 g/mol. The summed E-state index contributed by atoms with van der Waals surface area (Å²) in [5, 5.41) is 7.86. The number of nitrogens with one attached hydrogen (secondary N) is 2. The second-order valence-corrected chi connectivity index (χ2v) is 6.74. The molecule has 1 aromatic heterocycles. The van der Waals surface area contributed by atoms with Crippen LogP contribution in [-0.4, -0.2) is 30.6 Å². The SMILES string of the molecule is CCNC(=NCCc1nc(C(F)(F)F)cs1)NCCc1ccc(C)cc1. The highest BCUT2D eigenvalue weighted by Gasteiger charge is 2.33. The van der Waals surface area contributed by atoms with Crippen LogP contribution in [0.1, 0.15) is 28.8 Å². The number of benzene rings is 1. The highest BCUT2D eigenvalue weighted by atomic mass is 32.1. The lowest BCUT2D eigenvalue weighted by Gasteiger charge is -2.11. The highest BCUT2D eigenvalue weighted by molar-refractivity contribution is 7.09. The number of hydrogen-bond donors (Lipinski definition) is 2. The van der Waals surface area contributed by atoms with E-state index in [-0.39, 0.29) is 0 Å². The molecule has 0 fully saturated rings. The van der Waals surface area contributed by atoms with E-state index in [1.807, 2.05) is 6.92 Å². The first-order valence-electron chi connectivity index (χ1n) is 8.48. The quantitative estimate of drug-likeness (QED) is 0.564. The summed E-state index contributed by atoms with van der Waals surface area (Å²) in [5.41, 5.74) is 1.64. The molecule has 0 bridgehead atoms. The Morgan fingerprint density at radius 2 is 1.88 bits per heavy atom. The first-order valence-corrected chi connectivity index (χ1v) is 9.35. The van der Waals surface area contributed by atoms with Gasteiger partial charge in [0.15, 0.2) is 11.7 Å². The lowest BCUT2D eigenvalue weighted by Crippen LogP contribution is -2.38. The summed E-state index contributed by atoms with van der Waals surface area (Å²) in [7, 11) is 0. The number of halogens is 3. The maximum absolute atomic E-state index is 12.6. The van der Waals surface area contributed by atoms with Crippen molar-refractivity contribution in [2.24, 2.45) is 4.99 Å². The van der Waals surface area contributed by atoms with Gasteiger partial charge in [-0.25, -0.2) is 4.98 Å². The number of aryl methyl sites for hydroxylation is 1. The van der Waals surface area contributed by atoms with Crippen LogP contribution in [0, 0.1) is 6.92 Å². The van der Waals surface area contributed by atoms with E-state index in [9.17, 15) is 13.2 Å². The Morgan fingerprint density at radius 3 is 2.50 bits per heavy atom. The van der Waals surface area contributed by atoms with E-state index in [1.54, 1.807) is 0 Å². The van der Waals surface area contributed by atoms with Crippen LogP contribution in [-0.2, 0) is 19.0 Å². The van der Waals surface area contributed by atoms with Gasteiger partial charge in [0.2, 0.25) is 0 Å². The third kappa shape index (κ3) is 6.67. The molecule has 0 unspecified atom stereocenters. The van der Waals surface area contributed by atoms with Gasteiger partial charge < -0.3 is 10.6 Å². The fourth-order valence-electron chi connectivity index (χ4n) is 2.24. The summed E-state index contributed by atoms with van der Waals surface area (Å²) in [6.45, 7) is 5.84. The van der Waals surface area contributed by atoms with Gasteiger partial charge in [0.1, 0.15) is 0 Å². The van der Waals surface area contributed by atoms with Crippen molar-refractivity contribution < 1.29 is 13.2 Å². The molecule has 0 aliphatic rings. The number of hydrogen-bond acceptors (Lipinski definition) is 3. The van der Waals surface area contributed by atoms with Gasteiger partial charge in [-0.3, -0.25) is 4.99 Å². The summed E-state index contributed by atoms with van der Waals surface area (Å²) >= 11 is 1.02. The van der Waals surface area contributed by atoms with E-state index in [1.165, 1.54) is 11.1 Å². The Bertz CT molecular complexity index is 708. The standard InChI is InChI=1S/C18H23F3N4S/c1-3-22-17(23-10-8-14-6-4-13(2)5-7-14)24-11-9-16-25-15(12-26-16)18(19,20)21/h4-7,12H,3,8-11H2,1-2H3,(H2,22,23,24). The van der Waals surface area contributed by atoms with Crippen molar-refractivity contribution in [2.75, 3.05) is 19.6 Å². The third-order valence-electron chi connectivity index (χ3n) is 3.61. The Kier molecular flexibility index (Phi) is 7.44. The van der Waals surface area contributed by atoms with Crippen molar-refractivity contribution in [1.82, 2.24) is 15.6 Å².